The van der Waals surface area contributed by atoms with E-state index >= 15 is 0 Å². The van der Waals surface area contributed by atoms with E-state index in [9.17, 15) is 0 Å². The molecule has 4 heteroatoms. The zero-order chi connectivity index (χ0) is 15.4. The number of guanidine groups is 1. The Morgan fingerprint density at radius 1 is 1.14 bits per heavy atom. The minimum atomic E-state index is 0.453. The molecule has 1 N–H and O–H groups in total. The molecule has 2 aliphatic heterocycles. The summed E-state index contributed by atoms with van der Waals surface area (Å²) < 4.78 is 0. The Morgan fingerprint density at radius 3 is 2.55 bits per heavy atom. The van der Waals surface area contributed by atoms with E-state index in [1.165, 1.54) is 71.1 Å². The normalized spacial score (nSPS) is 29.5. The number of aliphatic imine (C=N–C) groups is 1. The lowest BCUT2D eigenvalue weighted by atomic mass is 9.89. The molecule has 0 aromatic heterocycles. The first-order valence-corrected chi connectivity index (χ1v) is 9.47. The lowest BCUT2D eigenvalue weighted by molar-refractivity contribution is 0.249. The highest BCUT2D eigenvalue weighted by Gasteiger charge is 2.32. The van der Waals surface area contributed by atoms with Crippen molar-refractivity contribution in [1.29, 1.82) is 0 Å². The summed E-state index contributed by atoms with van der Waals surface area (Å²) in [6.07, 6.45) is 9.58. The van der Waals surface area contributed by atoms with E-state index in [2.05, 4.69) is 29.0 Å². The molecule has 0 radical (unpaired) electrons. The van der Waals surface area contributed by atoms with Crippen LogP contribution < -0.4 is 5.32 Å². The Morgan fingerprint density at radius 2 is 1.86 bits per heavy atom. The Bertz CT molecular complexity index is 381. The SMILES string of the molecule is CCNC(=NCC1(C)CCCC1)N1CCC(N2CCCC2)C1. The number of hydrogen-bond donors (Lipinski definition) is 1. The van der Waals surface area contributed by atoms with Crippen molar-refractivity contribution in [2.75, 3.05) is 39.3 Å². The fourth-order valence-electron chi connectivity index (χ4n) is 4.42. The van der Waals surface area contributed by atoms with Gasteiger partial charge in [-0.05, 0) is 57.5 Å². The summed E-state index contributed by atoms with van der Waals surface area (Å²) in [6.45, 7) is 11.5. The third kappa shape index (κ3) is 3.76. The van der Waals surface area contributed by atoms with E-state index in [-0.39, 0.29) is 0 Å². The van der Waals surface area contributed by atoms with Gasteiger partial charge in [0.2, 0.25) is 0 Å². The van der Waals surface area contributed by atoms with Gasteiger partial charge in [0.1, 0.15) is 0 Å². The second-order valence-corrected chi connectivity index (χ2v) is 7.82. The van der Waals surface area contributed by atoms with Crippen LogP contribution in [0, 0.1) is 5.41 Å². The first-order valence-electron chi connectivity index (χ1n) is 9.47. The first kappa shape index (κ1) is 16.1. The lowest BCUT2D eigenvalue weighted by Gasteiger charge is -2.27. The molecule has 3 fully saturated rings. The smallest absolute Gasteiger partial charge is 0.193 e. The van der Waals surface area contributed by atoms with Crippen molar-refractivity contribution in [3.05, 3.63) is 0 Å². The largest absolute Gasteiger partial charge is 0.357 e. The summed E-state index contributed by atoms with van der Waals surface area (Å²) in [5, 5.41) is 3.53. The van der Waals surface area contributed by atoms with Crippen molar-refractivity contribution in [1.82, 2.24) is 15.1 Å². The topological polar surface area (TPSA) is 30.9 Å². The summed E-state index contributed by atoms with van der Waals surface area (Å²) in [6, 6.07) is 0.758. The van der Waals surface area contributed by atoms with Crippen LogP contribution in [-0.2, 0) is 0 Å². The summed E-state index contributed by atoms with van der Waals surface area (Å²) in [7, 11) is 0. The van der Waals surface area contributed by atoms with E-state index in [0.717, 1.165) is 25.1 Å². The molecule has 0 amide bonds. The van der Waals surface area contributed by atoms with Gasteiger partial charge in [0, 0.05) is 32.2 Å². The number of nitrogens with zero attached hydrogens (tertiary/aromatic N) is 3. The van der Waals surface area contributed by atoms with E-state index in [0.29, 0.717) is 5.41 Å². The van der Waals surface area contributed by atoms with Crippen LogP contribution in [0.1, 0.15) is 58.8 Å². The molecule has 0 bridgehead atoms. The fraction of sp³-hybridized carbons (Fsp3) is 0.944. The van der Waals surface area contributed by atoms with Gasteiger partial charge in [-0.15, -0.1) is 0 Å². The van der Waals surface area contributed by atoms with Crippen molar-refractivity contribution in [3.8, 4) is 0 Å². The molecule has 4 nitrogen and oxygen atoms in total. The lowest BCUT2D eigenvalue weighted by Crippen LogP contribution is -2.43. The third-order valence-corrected chi connectivity index (χ3v) is 5.88. The van der Waals surface area contributed by atoms with Crippen LogP contribution in [0.5, 0.6) is 0 Å². The Kier molecular flexibility index (Phi) is 5.27. The van der Waals surface area contributed by atoms with Crippen LogP contribution in [0.4, 0.5) is 0 Å². The van der Waals surface area contributed by atoms with Crippen LogP contribution >= 0.6 is 0 Å². The molecule has 1 saturated carbocycles. The van der Waals surface area contributed by atoms with Crippen molar-refractivity contribution in [2.24, 2.45) is 10.4 Å². The van der Waals surface area contributed by atoms with Gasteiger partial charge in [0.15, 0.2) is 5.96 Å². The maximum absolute atomic E-state index is 5.02. The average Bonchev–Trinajstić information content (AvgIpc) is 3.24. The van der Waals surface area contributed by atoms with Gasteiger partial charge in [0.25, 0.3) is 0 Å². The quantitative estimate of drug-likeness (QED) is 0.640. The zero-order valence-electron chi connectivity index (χ0n) is 14.6. The van der Waals surface area contributed by atoms with Gasteiger partial charge < -0.3 is 10.2 Å². The predicted octanol–water partition coefficient (Wildman–Crippen LogP) is 2.70. The van der Waals surface area contributed by atoms with Crippen LogP contribution in [0.3, 0.4) is 0 Å². The molecule has 126 valence electrons. The molecule has 2 saturated heterocycles. The minimum absolute atomic E-state index is 0.453. The molecular weight excluding hydrogens is 272 g/mol. The number of nitrogens with one attached hydrogen (secondary N) is 1. The molecule has 22 heavy (non-hydrogen) atoms. The van der Waals surface area contributed by atoms with E-state index in [1.807, 2.05) is 0 Å². The molecule has 1 atom stereocenters. The Hall–Kier alpha value is -0.770. The fourth-order valence-corrected chi connectivity index (χ4v) is 4.42. The Labute approximate surface area is 136 Å². The van der Waals surface area contributed by atoms with Crippen molar-refractivity contribution in [2.45, 2.75) is 64.8 Å². The van der Waals surface area contributed by atoms with Crippen molar-refractivity contribution in [3.63, 3.8) is 0 Å². The third-order valence-electron chi connectivity index (χ3n) is 5.88. The molecule has 3 rings (SSSR count). The summed E-state index contributed by atoms with van der Waals surface area (Å²) >= 11 is 0. The van der Waals surface area contributed by atoms with Gasteiger partial charge in [0.05, 0.1) is 0 Å². The highest BCUT2D eigenvalue weighted by atomic mass is 15.3. The van der Waals surface area contributed by atoms with Gasteiger partial charge in [-0.1, -0.05) is 19.8 Å². The second kappa shape index (κ2) is 7.20. The monoisotopic (exact) mass is 306 g/mol. The Balaban J connectivity index is 1.58. The summed E-state index contributed by atoms with van der Waals surface area (Å²) in [4.78, 5) is 10.2. The molecule has 0 aromatic carbocycles. The highest BCUT2D eigenvalue weighted by Crippen LogP contribution is 2.37. The van der Waals surface area contributed by atoms with Gasteiger partial charge >= 0.3 is 0 Å². The molecule has 0 spiro atoms. The zero-order valence-corrected chi connectivity index (χ0v) is 14.6. The number of rotatable bonds is 4. The van der Waals surface area contributed by atoms with Gasteiger partial charge in [-0.2, -0.15) is 0 Å². The number of likely N-dealkylation sites (tertiary alicyclic amines) is 2. The van der Waals surface area contributed by atoms with Crippen molar-refractivity contribution >= 4 is 5.96 Å². The van der Waals surface area contributed by atoms with E-state index < -0.39 is 0 Å². The van der Waals surface area contributed by atoms with Crippen LogP contribution in [-0.4, -0.2) is 61.1 Å². The molecule has 0 aromatic rings. The standard InChI is InChI=1S/C18H34N4/c1-3-19-17(20-15-18(2)9-4-5-10-18)22-13-8-16(14-22)21-11-6-7-12-21/h16H,3-15H2,1-2H3,(H,19,20). The molecular formula is C18H34N4. The maximum atomic E-state index is 5.02. The molecule has 1 unspecified atom stereocenters. The van der Waals surface area contributed by atoms with Crippen LogP contribution in [0.15, 0.2) is 4.99 Å². The molecule has 1 aliphatic carbocycles. The van der Waals surface area contributed by atoms with Crippen LogP contribution in [0.2, 0.25) is 0 Å². The van der Waals surface area contributed by atoms with Gasteiger partial charge in [-0.3, -0.25) is 9.89 Å². The second-order valence-electron chi connectivity index (χ2n) is 7.82. The summed E-state index contributed by atoms with van der Waals surface area (Å²) in [5.74, 6) is 1.16. The van der Waals surface area contributed by atoms with E-state index in [1.54, 1.807) is 0 Å². The average molecular weight is 306 g/mol. The van der Waals surface area contributed by atoms with E-state index in [4.69, 9.17) is 4.99 Å². The maximum Gasteiger partial charge on any atom is 0.193 e. The first-order chi connectivity index (χ1) is 10.7. The van der Waals surface area contributed by atoms with Gasteiger partial charge in [-0.25, -0.2) is 0 Å². The van der Waals surface area contributed by atoms with Crippen molar-refractivity contribution < 1.29 is 0 Å². The summed E-state index contributed by atoms with van der Waals surface area (Å²) in [5.41, 5.74) is 0.453. The van der Waals surface area contributed by atoms with Crippen LogP contribution in [0.25, 0.3) is 0 Å². The highest BCUT2D eigenvalue weighted by molar-refractivity contribution is 5.80. The molecule has 3 aliphatic rings. The number of hydrogen-bond acceptors (Lipinski definition) is 2. The molecule has 2 heterocycles. The predicted molar refractivity (Wildman–Crippen MR) is 93.3 cm³/mol. The minimum Gasteiger partial charge on any atom is -0.357 e.